The van der Waals surface area contributed by atoms with E-state index in [2.05, 4.69) is 0 Å². The number of aromatic nitrogens is 1. The Labute approximate surface area is 194 Å². The zero-order valence-corrected chi connectivity index (χ0v) is 19.4. The summed E-state index contributed by atoms with van der Waals surface area (Å²) < 4.78 is 12.8. The third kappa shape index (κ3) is 4.34. The molecule has 0 saturated carbocycles. The van der Waals surface area contributed by atoms with Crippen molar-refractivity contribution in [3.05, 3.63) is 84.9 Å². The van der Waals surface area contributed by atoms with Gasteiger partial charge in [0.1, 0.15) is 6.04 Å². The number of hydrogen-bond donors (Lipinski definition) is 1. The molecule has 0 amide bonds. The predicted molar refractivity (Wildman–Crippen MR) is 127 cm³/mol. The van der Waals surface area contributed by atoms with Crippen molar-refractivity contribution in [3.8, 4) is 11.5 Å². The van der Waals surface area contributed by atoms with Gasteiger partial charge in [-0.3, -0.25) is 9.36 Å². The second kappa shape index (κ2) is 9.46. The summed E-state index contributed by atoms with van der Waals surface area (Å²) in [6.45, 7) is 5.84. The first-order valence-electron chi connectivity index (χ1n) is 10.6. The second-order valence-electron chi connectivity index (χ2n) is 7.36. The molecule has 0 unspecified atom stereocenters. The van der Waals surface area contributed by atoms with Crippen LogP contribution in [0.2, 0.25) is 0 Å². The highest BCUT2D eigenvalue weighted by molar-refractivity contribution is 7.07. The monoisotopic (exact) mass is 464 g/mol. The van der Waals surface area contributed by atoms with Crippen LogP contribution < -0.4 is 19.6 Å². The first-order chi connectivity index (χ1) is 15.9. The lowest BCUT2D eigenvalue weighted by Crippen LogP contribution is -2.35. The molecule has 1 N–H and O–H groups in total. The molecule has 0 spiro atoms. The van der Waals surface area contributed by atoms with E-state index in [4.69, 9.17) is 14.5 Å². The largest absolute Gasteiger partial charge is 0.504 e. The van der Waals surface area contributed by atoms with Crippen LogP contribution in [-0.2, 0) is 9.53 Å². The van der Waals surface area contributed by atoms with E-state index >= 15 is 0 Å². The van der Waals surface area contributed by atoms with Gasteiger partial charge >= 0.3 is 5.97 Å². The van der Waals surface area contributed by atoms with Gasteiger partial charge in [-0.25, -0.2) is 9.79 Å². The molecule has 2 heterocycles. The van der Waals surface area contributed by atoms with Crippen LogP contribution in [0.5, 0.6) is 11.5 Å². The fourth-order valence-electron chi connectivity index (χ4n) is 3.73. The number of fused-ring (bicyclic) bond motifs is 1. The maximum absolute atomic E-state index is 13.2. The zero-order chi connectivity index (χ0) is 23.5. The van der Waals surface area contributed by atoms with Crippen LogP contribution in [0.3, 0.4) is 0 Å². The van der Waals surface area contributed by atoms with Crippen molar-refractivity contribution < 1.29 is 19.4 Å². The van der Waals surface area contributed by atoms with Gasteiger partial charge in [-0.2, -0.15) is 0 Å². The second-order valence-corrected chi connectivity index (χ2v) is 8.36. The summed E-state index contributed by atoms with van der Waals surface area (Å²) in [6.07, 6.45) is 1.81. The topological polar surface area (TPSA) is 90.1 Å². The molecule has 170 valence electrons. The Bertz CT molecular complexity index is 1400. The predicted octanol–water partition coefficient (Wildman–Crippen LogP) is 3.01. The van der Waals surface area contributed by atoms with Gasteiger partial charge in [0.2, 0.25) is 0 Å². The van der Waals surface area contributed by atoms with E-state index in [1.165, 1.54) is 22.0 Å². The summed E-state index contributed by atoms with van der Waals surface area (Å²) in [4.78, 5) is 31.4. The van der Waals surface area contributed by atoms with Crippen LogP contribution in [0.1, 0.15) is 37.9 Å². The van der Waals surface area contributed by atoms with Crippen LogP contribution >= 0.6 is 11.3 Å². The Morgan fingerprint density at radius 2 is 1.94 bits per heavy atom. The molecule has 0 bridgehead atoms. The molecule has 0 saturated heterocycles. The van der Waals surface area contributed by atoms with Crippen LogP contribution in [0.25, 0.3) is 11.8 Å². The molecular weight excluding hydrogens is 440 g/mol. The number of thiazole rings is 1. The molecule has 7 nitrogen and oxygen atoms in total. The number of rotatable bonds is 6. The van der Waals surface area contributed by atoms with Crippen molar-refractivity contribution in [3.63, 3.8) is 0 Å². The Balaban J connectivity index is 1.94. The fraction of sp³-hybridized carbons (Fsp3) is 0.240. The number of ether oxygens (including phenoxy) is 2. The summed E-state index contributed by atoms with van der Waals surface area (Å²) in [7, 11) is 0. The summed E-state index contributed by atoms with van der Waals surface area (Å²) in [5, 5.41) is 10.1. The van der Waals surface area contributed by atoms with Crippen LogP contribution in [0.15, 0.2) is 63.9 Å². The van der Waals surface area contributed by atoms with Crippen LogP contribution in [0, 0.1) is 0 Å². The number of aromatic hydroxyl groups is 1. The van der Waals surface area contributed by atoms with Crippen LogP contribution in [0.4, 0.5) is 0 Å². The molecule has 2 aromatic carbocycles. The fourth-order valence-corrected chi connectivity index (χ4v) is 4.77. The molecule has 1 aliphatic rings. The summed E-state index contributed by atoms with van der Waals surface area (Å²) in [6, 6.07) is 13.7. The molecule has 3 aromatic rings. The summed E-state index contributed by atoms with van der Waals surface area (Å²) in [5.74, 6) is -0.229. The average Bonchev–Trinajstić information content (AvgIpc) is 3.11. The van der Waals surface area contributed by atoms with E-state index in [1.54, 1.807) is 26.0 Å². The van der Waals surface area contributed by atoms with Crippen molar-refractivity contribution in [1.82, 2.24) is 4.57 Å². The highest BCUT2D eigenvalue weighted by atomic mass is 32.1. The number of phenolic OH excluding ortho intramolecular Hbond substituents is 1. The lowest BCUT2D eigenvalue weighted by Gasteiger charge is -2.22. The minimum absolute atomic E-state index is 0.00238. The average molecular weight is 465 g/mol. The first kappa shape index (κ1) is 22.5. The molecule has 0 radical (unpaired) electrons. The normalized spacial score (nSPS) is 15.7. The Morgan fingerprint density at radius 3 is 2.64 bits per heavy atom. The minimum Gasteiger partial charge on any atom is -0.504 e. The minimum atomic E-state index is -0.702. The van der Waals surface area contributed by atoms with Gasteiger partial charge in [0.15, 0.2) is 16.3 Å². The Morgan fingerprint density at radius 1 is 1.18 bits per heavy atom. The summed E-state index contributed by atoms with van der Waals surface area (Å²) >= 11 is 1.26. The molecule has 1 atom stereocenters. The molecule has 0 aliphatic carbocycles. The number of allylic oxidation sites excluding steroid dienone is 1. The van der Waals surface area contributed by atoms with E-state index in [9.17, 15) is 14.7 Å². The van der Waals surface area contributed by atoms with Gasteiger partial charge < -0.3 is 14.6 Å². The molecule has 1 aliphatic heterocycles. The number of nitrogens with zero attached hydrogens (tertiary/aromatic N) is 2. The molecule has 8 heteroatoms. The number of carbonyl (C=O) groups is 1. The number of hydrogen-bond acceptors (Lipinski definition) is 7. The van der Waals surface area contributed by atoms with Gasteiger partial charge in [-0.1, -0.05) is 47.7 Å². The van der Waals surface area contributed by atoms with E-state index in [0.29, 0.717) is 33.0 Å². The standard InChI is InChI=1S/C25H24N2O5S/c1-4-31-19-14-17(11-12-18(19)28)22-21(24(30)32-5-2)15(3)27-23(29)20(33-25(27)26-22)13-16-9-7-6-8-10-16/h6-14,22,28H,4-5H2,1-3H3/b20-13-/t22-/m1/s1. The lowest BCUT2D eigenvalue weighted by molar-refractivity contribution is -0.138. The van der Waals surface area contributed by atoms with Gasteiger partial charge in [0.05, 0.1) is 23.3 Å². The quantitative estimate of drug-likeness (QED) is 0.567. The molecular formula is C25H24N2O5S. The maximum Gasteiger partial charge on any atom is 0.338 e. The number of carbonyl (C=O) groups excluding carboxylic acids is 1. The van der Waals surface area contributed by atoms with Crippen molar-refractivity contribution in [2.75, 3.05) is 13.2 Å². The maximum atomic E-state index is 13.2. The SMILES string of the molecule is CCOC(=O)C1=C(C)n2c(s/c(=C\c3ccccc3)c2=O)=N[C@@H]1c1ccc(O)c(OCC)c1. The zero-order valence-electron chi connectivity index (χ0n) is 18.6. The number of phenols is 1. The Hall–Kier alpha value is -3.65. The number of benzene rings is 2. The van der Waals surface area contributed by atoms with E-state index in [1.807, 2.05) is 43.3 Å². The highest BCUT2D eigenvalue weighted by Gasteiger charge is 2.31. The van der Waals surface area contributed by atoms with Gasteiger partial charge in [-0.15, -0.1) is 0 Å². The van der Waals surface area contributed by atoms with Crippen molar-refractivity contribution in [1.29, 1.82) is 0 Å². The Kier molecular flexibility index (Phi) is 6.46. The first-order valence-corrected chi connectivity index (χ1v) is 11.5. The molecule has 0 fully saturated rings. The lowest BCUT2D eigenvalue weighted by atomic mass is 9.96. The molecule has 4 rings (SSSR count). The van der Waals surface area contributed by atoms with E-state index in [0.717, 1.165) is 5.56 Å². The third-order valence-corrected chi connectivity index (χ3v) is 6.22. The van der Waals surface area contributed by atoms with Gasteiger partial charge in [0.25, 0.3) is 5.56 Å². The number of esters is 1. The van der Waals surface area contributed by atoms with Gasteiger partial charge in [0, 0.05) is 5.70 Å². The van der Waals surface area contributed by atoms with Gasteiger partial charge in [-0.05, 0) is 50.1 Å². The molecule has 33 heavy (non-hydrogen) atoms. The third-order valence-electron chi connectivity index (χ3n) is 5.24. The van der Waals surface area contributed by atoms with Crippen LogP contribution in [-0.4, -0.2) is 28.9 Å². The van der Waals surface area contributed by atoms with Crippen molar-refractivity contribution in [2.45, 2.75) is 26.8 Å². The molecule has 1 aromatic heterocycles. The van der Waals surface area contributed by atoms with Crippen molar-refractivity contribution in [2.24, 2.45) is 4.99 Å². The highest BCUT2D eigenvalue weighted by Crippen LogP contribution is 2.36. The summed E-state index contributed by atoms with van der Waals surface area (Å²) in [5.41, 5.74) is 2.07. The van der Waals surface area contributed by atoms with E-state index in [-0.39, 0.29) is 23.5 Å². The van der Waals surface area contributed by atoms with E-state index < -0.39 is 12.0 Å². The smallest absolute Gasteiger partial charge is 0.338 e. The van der Waals surface area contributed by atoms with Crippen molar-refractivity contribution >= 4 is 29.1 Å².